The van der Waals surface area contributed by atoms with Crippen LogP contribution in [0.25, 0.3) is 11.3 Å². The smallest absolute Gasteiger partial charge is 0.347 e. The van der Waals surface area contributed by atoms with Crippen LogP contribution < -0.4 is 5.56 Å². The van der Waals surface area contributed by atoms with Gasteiger partial charge in [0, 0.05) is 11.6 Å². The van der Waals surface area contributed by atoms with E-state index >= 15 is 0 Å². The van der Waals surface area contributed by atoms with Crippen molar-refractivity contribution in [3.05, 3.63) is 52.3 Å². The number of esters is 1. The van der Waals surface area contributed by atoms with Crippen LogP contribution in [0, 0.1) is 0 Å². The third-order valence-corrected chi connectivity index (χ3v) is 3.32. The van der Waals surface area contributed by atoms with Gasteiger partial charge in [0.2, 0.25) is 0 Å². The van der Waals surface area contributed by atoms with E-state index in [2.05, 4.69) is 4.74 Å². The molecule has 0 atom stereocenters. The molecule has 2 rings (SSSR count). The average molecular weight is 301 g/mol. The van der Waals surface area contributed by atoms with E-state index in [1.54, 1.807) is 0 Å². The topological polar surface area (TPSA) is 68.5 Å². The monoisotopic (exact) mass is 301 g/mol. The third kappa shape index (κ3) is 2.74. The van der Waals surface area contributed by atoms with E-state index in [4.69, 9.17) is 0 Å². The summed E-state index contributed by atoms with van der Waals surface area (Å²) in [5, 5.41) is 10.1. The third-order valence-electron chi connectivity index (χ3n) is 3.32. The first-order valence-corrected chi connectivity index (χ1v) is 6.90. The van der Waals surface area contributed by atoms with Crippen LogP contribution in [0.1, 0.15) is 31.1 Å². The zero-order valence-corrected chi connectivity index (χ0v) is 13.1. The number of carbonyl (C=O) groups excluding carboxylic acids is 1. The molecule has 1 aromatic heterocycles. The highest BCUT2D eigenvalue weighted by Gasteiger charge is 2.27. The van der Waals surface area contributed by atoms with Crippen LogP contribution in [-0.2, 0) is 10.3 Å². The summed E-state index contributed by atoms with van der Waals surface area (Å²) in [6.07, 6.45) is 0. The fourth-order valence-electron chi connectivity index (χ4n) is 2.38. The Morgan fingerprint density at radius 2 is 1.77 bits per heavy atom. The minimum absolute atomic E-state index is 0.350. The number of carbonyl (C=O) groups is 1. The molecule has 1 N–H and O–H groups in total. The predicted octanol–water partition coefficient (Wildman–Crippen LogP) is 2.76. The number of pyridine rings is 1. The standard InChI is InChI=1S/C17H19NO4/c1-17(2,3)18-12(11-8-6-5-7-9-11)10-13(19)14(15(18)20)16(21)22-4/h5-10,19H,1-4H3. The number of aromatic hydroxyl groups is 1. The number of rotatable bonds is 2. The number of hydrogen-bond donors (Lipinski definition) is 1. The second-order valence-electron chi connectivity index (χ2n) is 5.96. The zero-order chi connectivity index (χ0) is 16.5. The Bertz CT molecular complexity index is 755. The van der Waals surface area contributed by atoms with Gasteiger partial charge in [0.05, 0.1) is 12.8 Å². The van der Waals surface area contributed by atoms with Gasteiger partial charge >= 0.3 is 5.97 Å². The molecule has 0 aliphatic rings. The molecule has 1 heterocycles. The molecule has 1 aromatic carbocycles. The summed E-state index contributed by atoms with van der Waals surface area (Å²) in [7, 11) is 1.17. The first-order chi connectivity index (χ1) is 10.3. The van der Waals surface area contributed by atoms with Crippen molar-refractivity contribution in [3.8, 4) is 17.0 Å². The van der Waals surface area contributed by atoms with E-state index in [-0.39, 0.29) is 11.3 Å². The summed E-state index contributed by atoms with van der Waals surface area (Å²) in [5.41, 5.74) is -0.168. The van der Waals surface area contributed by atoms with Gasteiger partial charge in [-0.3, -0.25) is 4.79 Å². The van der Waals surface area contributed by atoms with Crippen LogP contribution in [-0.4, -0.2) is 22.8 Å². The minimum atomic E-state index is -0.847. The molecule has 2 aromatic rings. The lowest BCUT2D eigenvalue weighted by molar-refractivity contribution is 0.0594. The molecule has 5 heteroatoms. The van der Waals surface area contributed by atoms with Crippen LogP contribution in [0.2, 0.25) is 0 Å². The number of ether oxygens (including phenoxy) is 1. The number of benzene rings is 1. The Labute approximate surface area is 128 Å². The van der Waals surface area contributed by atoms with Gasteiger partial charge in [0.1, 0.15) is 5.75 Å². The lowest BCUT2D eigenvalue weighted by atomic mass is 10.0. The van der Waals surface area contributed by atoms with Gasteiger partial charge in [-0.1, -0.05) is 30.3 Å². The van der Waals surface area contributed by atoms with Crippen molar-refractivity contribution < 1.29 is 14.6 Å². The lowest BCUT2D eigenvalue weighted by Crippen LogP contribution is -2.38. The van der Waals surface area contributed by atoms with Crippen molar-refractivity contribution in [1.82, 2.24) is 4.57 Å². The quantitative estimate of drug-likeness (QED) is 0.866. The number of methoxy groups -OCH3 is 1. The summed E-state index contributed by atoms with van der Waals surface area (Å²) in [6.45, 7) is 5.58. The van der Waals surface area contributed by atoms with E-state index in [9.17, 15) is 14.7 Å². The molecule has 22 heavy (non-hydrogen) atoms. The maximum atomic E-state index is 12.7. The fourth-order valence-corrected chi connectivity index (χ4v) is 2.38. The lowest BCUT2D eigenvalue weighted by Gasteiger charge is -2.27. The van der Waals surface area contributed by atoms with Gasteiger partial charge in [0.15, 0.2) is 5.56 Å². The van der Waals surface area contributed by atoms with Crippen LogP contribution in [0.3, 0.4) is 0 Å². The average Bonchev–Trinajstić information content (AvgIpc) is 2.45. The summed E-state index contributed by atoms with van der Waals surface area (Å²) in [5.74, 6) is -1.23. The number of hydrogen-bond acceptors (Lipinski definition) is 4. The highest BCUT2D eigenvalue weighted by Crippen LogP contribution is 2.28. The van der Waals surface area contributed by atoms with Crippen LogP contribution in [0.15, 0.2) is 41.2 Å². The molecule has 0 bridgehead atoms. The molecular weight excluding hydrogens is 282 g/mol. The van der Waals surface area contributed by atoms with Gasteiger partial charge in [-0.15, -0.1) is 0 Å². The number of nitrogens with zero attached hydrogens (tertiary/aromatic N) is 1. The molecule has 0 amide bonds. The van der Waals surface area contributed by atoms with E-state index in [0.29, 0.717) is 5.69 Å². The fraction of sp³-hybridized carbons (Fsp3) is 0.294. The van der Waals surface area contributed by atoms with Crippen molar-refractivity contribution >= 4 is 5.97 Å². The maximum Gasteiger partial charge on any atom is 0.347 e. The molecule has 116 valence electrons. The Morgan fingerprint density at radius 1 is 1.18 bits per heavy atom. The Kier molecular flexibility index (Phi) is 4.08. The van der Waals surface area contributed by atoms with Crippen molar-refractivity contribution in [2.45, 2.75) is 26.3 Å². The molecule has 0 aliphatic heterocycles. The van der Waals surface area contributed by atoms with E-state index < -0.39 is 17.1 Å². The molecule has 0 spiro atoms. The maximum absolute atomic E-state index is 12.7. The summed E-state index contributed by atoms with van der Waals surface area (Å²) in [4.78, 5) is 24.5. The summed E-state index contributed by atoms with van der Waals surface area (Å²) >= 11 is 0. The highest BCUT2D eigenvalue weighted by atomic mass is 16.5. The molecule has 0 saturated carbocycles. The largest absolute Gasteiger partial charge is 0.507 e. The Balaban J connectivity index is 2.87. The molecule has 0 fully saturated rings. The van der Waals surface area contributed by atoms with Crippen molar-refractivity contribution in [2.75, 3.05) is 7.11 Å². The molecule has 0 unspecified atom stereocenters. The minimum Gasteiger partial charge on any atom is -0.507 e. The molecule has 0 saturated heterocycles. The van der Waals surface area contributed by atoms with Gasteiger partial charge in [0.25, 0.3) is 5.56 Å². The molecular formula is C17H19NO4. The predicted molar refractivity (Wildman–Crippen MR) is 84.1 cm³/mol. The van der Waals surface area contributed by atoms with E-state index in [1.165, 1.54) is 17.7 Å². The first kappa shape index (κ1) is 15.8. The second kappa shape index (κ2) is 5.67. The first-order valence-electron chi connectivity index (χ1n) is 6.90. The molecule has 0 radical (unpaired) electrons. The van der Waals surface area contributed by atoms with E-state index in [0.717, 1.165) is 5.56 Å². The SMILES string of the molecule is COC(=O)c1c(O)cc(-c2ccccc2)n(C(C)(C)C)c1=O. The summed E-state index contributed by atoms with van der Waals surface area (Å²) < 4.78 is 6.09. The highest BCUT2D eigenvalue weighted by molar-refractivity contribution is 5.92. The second-order valence-corrected chi connectivity index (χ2v) is 5.96. The molecule has 0 aliphatic carbocycles. The normalized spacial score (nSPS) is 11.3. The summed E-state index contributed by atoms with van der Waals surface area (Å²) in [6, 6.07) is 10.7. The Morgan fingerprint density at radius 3 is 2.27 bits per heavy atom. The van der Waals surface area contributed by atoms with Crippen molar-refractivity contribution in [2.24, 2.45) is 0 Å². The van der Waals surface area contributed by atoms with Gasteiger partial charge in [-0.2, -0.15) is 0 Å². The van der Waals surface area contributed by atoms with Gasteiger partial charge in [-0.05, 0) is 26.3 Å². The van der Waals surface area contributed by atoms with E-state index in [1.807, 2.05) is 51.1 Å². The van der Waals surface area contributed by atoms with Crippen LogP contribution in [0.4, 0.5) is 0 Å². The number of aromatic nitrogens is 1. The van der Waals surface area contributed by atoms with Crippen LogP contribution >= 0.6 is 0 Å². The van der Waals surface area contributed by atoms with Crippen LogP contribution in [0.5, 0.6) is 5.75 Å². The zero-order valence-electron chi connectivity index (χ0n) is 13.1. The van der Waals surface area contributed by atoms with Gasteiger partial charge < -0.3 is 14.4 Å². The van der Waals surface area contributed by atoms with Crippen molar-refractivity contribution in [3.63, 3.8) is 0 Å². The van der Waals surface area contributed by atoms with Crippen molar-refractivity contribution in [1.29, 1.82) is 0 Å². The Hall–Kier alpha value is -2.56. The molecule has 5 nitrogen and oxygen atoms in total. The van der Waals surface area contributed by atoms with Gasteiger partial charge in [-0.25, -0.2) is 4.79 Å².